The van der Waals surface area contributed by atoms with Crippen LogP contribution in [0.25, 0.3) is 0 Å². The molecule has 0 spiro atoms. The molecule has 0 radical (unpaired) electrons. The maximum Gasteiger partial charge on any atom is 0.222 e. The largest absolute Gasteiger partial charge is 0.508 e. The number of primary amides is 1. The number of nitrogens with two attached hydrogens (primary N) is 1. The number of halogens is 2. The van der Waals surface area contributed by atoms with Crippen molar-refractivity contribution in [3.8, 4) is 11.5 Å². The lowest BCUT2D eigenvalue weighted by molar-refractivity contribution is -0.117. The Kier molecular flexibility index (Phi) is 3.98. The van der Waals surface area contributed by atoms with E-state index in [9.17, 15) is 9.90 Å². The number of carbonyl (C=O) groups is 1. The van der Waals surface area contributed by atoms with Crippen LogP contribution in [-0.4, -0.2) is 18.1 Å². The van der Waals surface area contributed by atoms with E-state index in [2.05, 4.69) is 31.9 Å². The minimum Gasteiger partial charge on any atom is -0.508 e. The molecule has 6 heteroatoms. The van der Waals surface area contributed by atoms with Gasteiger partial charge in [-0.15, -0.1) is 0 Å². The van der Waals surface area contributed by atoms with Crippen molar-refractivity contribution in [2.24, 2.45) is 5.73 Å². The molecule has 3 N–H and O–H groups in total. The average Bonchev–Trinajstić information content (AvgIpc) is 2.12. The summed E-state index contributed by atoms with van der Waals surface area (Å²) >= 11 is 6.48. The van der Waals surface area contributed by atoms with Gasteiger partial charge in [0.05, 0.1) is 22.5 Å². The molecule has 1 amide bonds. The molecule has 4 nitrogen and oxygen atoms in total. The summed E-state index contributed by atoms with van der Waals surface area (Å²) in [5, 5.41) is 9.62. The van der Waals surface area contributed by atoms with Crippen LogP contribution in [0.15, 0.2) is 15.0 Å². The molecule has 82 valence electrons. The van der Waals surface area contributed by atoms with E-state index >= 15 is 0 Å². The predicted octanol–water partition coefficient (Wildman–Crippen LogP) is 1.95. The molecule has 0 unspecified atom stereocenters. The molecule has 0 bridgehead atoms. The first kappa shape index (κ1) is 12.3. The zero-order valence-electron chi connectivity index (χ0n) is 7.88. The van der Waals surface area contributed by atoms with Gasteiger partial charge in [0.1, 0.15) is 11.5 Å². The van der Waals surface area contributed by atoms with E-state index in [1.165, 1.54) is 13.2 Å². The molecule has 0 aromatic heterocycles. The standard InChI is InChI=1S/C9H9Br2NO3/c1-15-9-5(10)3-6(13)4(8(9)11)2-7(12)14/h3,13H,2H2,1H3,(H2,12,14). The number of rotatable bonds is 3. The van der Waals surface area contributed by atoms with Gasteiger partial charge in [-0.3, -0.25) is 4.79 Å². The van der Waals surface area contributed by atoms with E-state index in [0.29, 0.717) is 20.3 Å². The van der Waals surface area contributed by atoms with Gasteiger partial charge in [0.2, 0.25) is 5.91 Å². The van der Waals surface area contributed by atoms with Gasteiger partial charge in [-0.25, -0.2) is 0 Å². The van der Waals surface area contributed by atoms with E-state index in [0.717, 1.165) is 0 Å². The van der Waals surface area contributed by atoms with Gasteiger partial charge in [0.15, 0.2) is 0 Å². The molecule has 0 aliphatic heterocycles. The molecule has 0 aliphatic carbocycles. The van der Waals surface area contributed by atoms with Crippen LogP contribution in [0.1, 0.15) is 5.56 Å². The van der Waals surface area contributed by atoms with Crippen LogP contribution < -0.4 is 10.5 Å². The lowest BCUT2D eigenvalue weighted by atomic mass is 10.1. The summed E-state index contributed by atoms with van der Waals surface area (Å²) in [6, 6.07) is 1.46. The van der Waals surface area contributed by atoms with Crippen molar-refractivity contribution in [1.29, 1.82) is 0 Å². The second-order valence-electron chi connectivity index (χ2n) is 2.85. The number of methoxy groups -OCH3 is 1. The van der Waals surface area contributed by atoms with Gasteiger partial charge in [-0.2, -0.15) is 0 Å². The topological polar surface area (TPSA) is 72.6 Å². The molecule has 15 heavy (non-hydrogen) atoms. The van der Waals surface area contributed by atoms with E-state index in [1.807, 2.05) is 0 Å². The Hall–Kier alpha value is -0.750. The van der Waals surface area contributed by atoms with Gasteiger partial charge >= 0.3 is 0 Å². The monoisotopic (exact) mass is 337 g/mol. The lowest BCUT2D eigenvalue weighted by Crippen LogP contribution is -2.14. The first-order chi connectivity index (χ1) is 6.97. The van der Waals surface area contributed by atoms with Gasteiger partial charge in [-0.05, 0) is 37.9 Å². The number of phenols is 1. The van der Waals surface area contributed by atoms with Gasteiger partial charge in [0, 0.05) is 5.56 Å². The Balaban J connectivity index is 3.32. The Morgan fingerprint density at radius 3 is 2.67 bits per heavy atom. The van der Waals surface area contributed by atoms with Gasteiger partial charge in [0.25, 0.3) is 0 Å². The molecule has 1 rings (SSSR count). The van der Waals surface area contributed by atoms with Crippen molar-refractivity contribution < 1.29 is 14.6 Å². The van der Waals surface area contributed by atoms with Gasteiger partial charge in [-0.1, -0.05) is 0 Å². The number of amides is 1. The SMILES string of the molecule is COc1c(Br)cc(O)c(CC(N)=O)c1Br. The summed E-state index contributed by atoms with van der Waals surface area (Å²) in [4.78, 5) is 10.8. The maximum absolute atomic E-state index is 10.8. The fourth-order valence-corrected chi connectivity index (χ4v) is 2.72. The molecule has 1 aromatic rings. The van der Waals surface area contributed by atoms with E-state index in [1.54, 1.807) is 0 Å². The van der Waals surface area contributed by atoms with Crippen LogP contribution in [0, 0.1) is 0 Å². The Morgan fingerprint density at radius 1 is 1.60 bits per heavy atom. The number of aromatic hydroxyl groups is 1. The van der Waals surface area contributed by atoms with Crippen molar-refractivity contribution in [3.05, 3.63) is 20.6 Å². The molecule has 1 aromatic carbocycles. The summed E-state index contributed by atoms with van der Waals surface area (Å²) < 4.78 is 6.22. The summed E-state index contributed by atoms with van der Waals surface area (Å²) in [5.74, 6) is -0.00669. The highest BCUT2D eigenvalue weighted by atomic mass is 79.9. The maximum atomic E-state index is 10.8. The molecular formula is C9H9Br2NO3. The number of phenolic OH excluding ortho intramolecular Hbond substituents is 1. The second-order valence-corrected chi connectivity index (χ2v) is 4.49. The minimum atomic E-state index is -0.518. The average molecular weight is 339 g/mol. The highest BCUT2D eigenvalue weighted by Gasteiger charge is 2.16. The van der Waals surface area contributed by atoms with Crippen LogP contribution >= 0.6 is 31.9 Å². The zero-order valence-corrected chi connectivity index (χ0v) is 11.1. The number of hydrogen-bond donors (Lipinski definition) is 2. The molecule has 0 aliphatic rings. The van der Waals surface area contributed by atoms with E-state index < -0.39 is 5.91 Å². The van der Waals surface area contributed by atoms with Crippen LogP contribution in [0.4, 0.5) is 0 Å². The summed E-state index contributed by atoms with van der Waals surface area (Å²) in [5.41, 5.74) is 5.49. The fraction of sp³-hybridized carbons (Fsp3) is 0.222. The molecule has 0 fully saturated rings. The van der Waals surface area contributed by atoms with Crippen molar-refractivity contribution in [1.82, 2.24) is 0 Å². The van der Waals surface area contributed by atoms with Crippen LogP contribution in [0.5, 0.6) is 11.5 Å². The Morgan fingerprint density at radius 2 is 2.20 bits per heavy atom. The van der Waals surface area contributed by atoms with Crippen LogP contribution in [0.2, 0.25) is 0 Å². The smallest absolute Gasteiger partial charge is 0.222 e. The normalized spacial score (nSPS) is 10.1. The van der Waals surface area contributed by atoms with Crippen LogP contribution in [0.3, 0.4) is 0 Å². The number of hydrogen-bond acceptors (Lipinski definition) is 3. The number of carbonyl (C=O) groups excluding carboxylic acids is 1. The first-order valence-electron chi connectivity index (χ1n) is 3.99. The fourth-order valence-electron chi connectivity index (χ4n) is 1.16. The third-order valence-electron chi connectivity index (χ3n) is 1.81. The number of ether oxygens (including phenoxy) is 1. The molecular weight excluding hydrogens is 330 g/mol. The van der Waals surface area contributed by atoms with E-state index in [-0.39, 0.29) is 12.2 Å². The van der Waals surface area contributed by atoms with Gasteiger partial charge < -0.3 is 15.6 Å². The second kappa shape index (κ2) is 4.85. The van der Waals surface area contributed by atoms with Crippen molar-refractivity contribution in [2.75, 3.05) is 7.11 Å². The van der Waals surface area contributed by atoms with Crippen LogP contribution in [-0.2, 0) is 11.2 Å². The summed E-state index contributed by atoms with van der Waals surface area (Å²) in [6.07, 6.45) is -0.0456. The lowest BCUT2D eigenvalue weighted by Gasteiger charge is -2.11. The minimum absolute atomic E-state index is 0.00616. The summed E-state index contributed by atoms with van der Waals surface area (Å²) in [7, 11) is 1.50. The number of benzene rings is 1. The molecule has 0 saturated heterocycles. The van der Waals surface area contributed by atoms with Crippen molar-refractivity contribution in [2.45, 2.75) is 6.42 Å². The highest BCUT2D eigenvalue weighted by molar-refractivity contribution is 9.11. The molecule has 0 saturated carbocycles. The van der Waals surface area contributed by atoms with Crippen molar-refractivity contribution in [3.63, 3.8) is 0 Å². The Labute approximate surface area is 104 Å². The first-order valence-corrected chi connectivity index (χ1v) is 5.58. The third kappa shape index (κ3) is 2.63. The molecule has 0 atom stereocenters. The predicted molar refractivity (Wildman–Crippen MR) is 63.0 cm³/mol. The summed E-state index contributed by atoms with van der Waals surface area (Å²) in [6.45, 7) is 0. The molecule has 0 heterocycles. The Bertz CT molecular complexity index is 407. The van der Waals surface area contributed by atoms with E-state index in [4.69, 9.17) is 10.5 Å². The zero-order chi connectivity index (χ0) is 11.6. The third-order valence-corrected chi connectivity index (χ3v) is 3.24. The quantitative estimate of drug-likeness (QED) is 0.884. The highest BCUT2D eigenvalue weighted by Crippen LogP contribution is 2.40. The van der Waals surface area contributed by atoms with Crippen molar-refractivity contribution >= 4 is 37.8 Å².